The van der Waals surface area contributed by atoms with E-state index in [1.165, 1.54) is 37.9 Å². The monoisotopic (exact) mass is 679 g/mol. The summed E-state index contributed by atoms with van der Waals surface area (Å²) in [6.45, 7) is 4.16. The van der Waals surface area contributed by atoms with Crippen molar-refractivity contribution in [3.63, 3.8) is 0 Å². The summed E-state index contributed by atoms with van der Waals surface area (Å²) >= 11 is 0. The lowest BCUT2D eigenvalue weighted by Crippen LogP contribution is -2.01. The van der Waals surface area contributed by atoms with Crippen molar-refractivity contribution in [1.29, 1.82) is 0 Å². The molecule has 0 saturated carbocycles. The maximum Gasteiger partial charge on any atom is 0.164 e. The molecule has 0 atom stereocenters. The highest BCUT2D eigenvalue weighted by atomic mass is 16.3. The zero-order valence-electron chi connectivity index (χ0n) is 29.3. The molecular formula is C49H33N3O. The van der Waals surface area contributed by atoms with Crippen LogP contribution >= 0.6 is 0 Å². The topological polar surface area (TPSA) is 51.8 Å². The van der Waals surface area contributed by atoms with Crippen LogP contribution in [-0.2, 0) is 0 Å². The van der Waals surface area contributed by atoms with Gasteiger partial charge in [0.1, 0.15) is 11.2 Å². The van der Waals surface area contributed by atoms with Crippen LogP contribution in [0.2, 0.25) is 0 Å². The van der Waals surface area contributed by atoms with Gasteiger partial charge in [-0.2, -0.15) is 0 Å². The molecule has 0 radical (unpaired) electrons. The molecule has 10 rings (SSSR count). The summed E-state index contributed by atoms with van der Waals surface area (Å²) in [5.41, 5.74) is 8.83. The number of rotatable bonds is 5. The van der Waals surface area contributed by atoms with Crippen molar-refractivity contribution in [1.82, 2.24) is 15.0 Å². The second kappa shape index (κ2) is 12.4. The summed E-state index contributed by atoms with van der Waals surface area (Å²) in [4.78, 5) is 15.4. The van der Waals surface area contributed by atoms with Gasteiger partial charge in [0, 0.05) is 33.0 Å². The molecule has 0 aliphatic carbocycles. The Morgan fingerprint density at radius 3 is 1.74 bits per heavy atom. The number of furan rings is 1. The molecule has 10 aromatic rings. The normalized spacial score (nSPS) is 11.9. The van der Waals surface area contributed by atoms with Gasteiger partial charge in [-0.05, 0) is 93.2 Å². The fourth-order valence-electron chi connectivity index (χ4n) is 7.80. The zero-order valence-corrected chi connectivity index (χ0v) is 29.3. The number of aromatic nitrogens is 3. The molecule has 2 heterocycles. The minimum Gasteiger partial charge on any atom is -0.455 e. The third-order valence-electron chi connectivity index (χ3n) is 10.4. The summed E-state index contributed by atoms with van der Waals surface area (Å²) < 4.78 is 6.78. The molecule has 0 spiro atoms. The maximum absolute atomic E-state index is 6.78. The molecule has 53 heavy (non-hydrogen) atoms. The summed E-state index contributed by atoms with van der Waals surface area (Å²) in [7, 11) is 0. The summed E-state index contributed by atoms with van der Waals surface area (Å²) in [6.07, 6.45) is 4.18. The number of benzene rings is 8. The van der Waals surface area contributed by atoms with Crippen LogP contribution in [0.25, 0.3) is 106 Å². The number of aryl methyl sites for hydroxylation is 1. The van der Waals surface area contributed by atoms with Gasteiger partial charge in [0.05, 0.1) is 0 Å². The Morgan fingerprint density at radius 2 is 1.02 bits per heavy atom. The molecule has 2 aromatic heterocycles. The van der Waals surface area contributed by atoms with Gasteiger partial charge < -0.3 is 4.42 Å². The number of hydrogen-bond donors (Lipinski definition) is 0. The molecule has 0 aliphatic heterocycles. The Balaban J connectivity index is 1.23. The smallest absolute Gasteiger partial charge is 0.164 e. The molecule has 0 bridgehead atoms. The van der Waals surface area contributed by atoms with Crippen LogP contribution in [0.15, 0.2) is 162 Å². The Hall–Kier alpha value is -6.91. The fourth-order valence-corrected chi connectivity index (χ4v) is 7.80. The molecule has 0 saturated heterocycles. The lowest BCUT2D eigenvalue weighted by atomic mass is 9.91. The first kappa shape index (κ1) is 30.9. The third kappa shape index (κ3) is 5.10. The largest absolute Gasteiger partial charge is 0.455 e. The van der Waals surface area contributed by atoms with Gasteiger partial charge in [-0.25, -0.2) is 15.0 Å². The zero-order chi connectivity index (χ0) is 35.5. The van der Waals surface area contributed by atoms with Gasteiger partial charge >= 0.3 is 0 Å². The Morgan fingerprint density at radius 1 is 0.453 bits per heavy atom. The fraction of sp³-hybridized carbons (Fsp3) is 0.0408. The predicted octanol–water partition coefficient (Wildman–Crippen LogP) is 13.2. The summed E-state index contributed by atoms with van der Waals surface area (Å²) in [5.74, 6) is 1.84. The molecule has 0 unspecified atom stereocenters. The van der Waals surface area contributed by atoms with Crippen molar-refractivity contribution in [2.45, 2.75) is 13.8 Å². The number of fused-ring (bicyclic) bond motifs is 9. The van der Waals surface area contributed by atoms with Crippen molar-refractivity contribution in [2.24, 2.45) is 0 Å². The molecule has 0 N–H and O–H groups in total. The first-order valence-corrected chi connectivity index (χ1v) is 18.0. The number of allylic oxidation sites excluding steroid dienone is 1. The quantitative estimate of drug-likeness (QED) is 0.170. The average molecular weight is 680 g/mol. The van der Waals surface area contributed by atoms with Crippen LogP contribution in [0, 0.1) is 6.92 Å². The molecule has 0 fully saturated rings. The number of para-hydroxylation sites is 1. The molecule has 4 heteroatoms. The summed E-state index contributed by atoms with van der Waals surface area (Å²) in [6, 6.07) is 53.2. The van der Waals surface area contributed by atoms with E-state index in [4.69, 9.17) is 19.4 Å². The van der Waals surface area contributed by atoms with E-state index >= 15 is 0 Å². The molecule has 4 nitrogen and oxygen atoms in total. The van der Waals surface area contributed by atoms with E-state index in [0.29, 0.717) is 17.5 Å². The molecular weight excluding hydrogens is 647 g/mol. The van der Waals surface area contributed by atoms with E-state index in [0.717, 1.165) is 55.3 Å². The van der Waals surface area contributed by atoms with Crippen LogP contribution in [0.5, 0.6) is 0 Å². The molecule has 0 aliphatic rings. The maximum atomic E-state index is 6.78. The second-order valence-corrected chi connectivity index (χ2v) is 13.6. The molecule has 250 valence electrons. The summed E-state index contributed by atoms with van der Waals surface area (Å²) in [5, 5.41) is 9.46. The third-order valence-corrected chi connectivity index (χ3v) is 10.4. The first-order valence-electron chi connectivity index (χ1n) is 18.0. The highest BCUT2D eigenvalue weighted by molar-refractivity contribution is 6.26. The van der Waals surface area contributed by atoms with E-state index in [2.05, 4.69) is 128 Å². The predicted molar refractivity (Wildman–Crippen MR) is 221 cm³/mol. The second-order valence-electron chi connectivity index (χ2n) is 13.6. The van der Waals surface area contributed by atoms with Crippen LogP contribution < -0.4 is 0 Å². The van der Waals surface area contributed by atoms with E-state index in [9.17, 15) is 0 Å². The minimum atomic E-state index is 0.598. The van der Waals surface area contributed by atoms with Gasteiger partial charge in [0.15, 0.2) is 17.5 Å². The van der Waals surface area contributed by atoms with E-state index < -0.39 is 0 Å². The van der Waals surface area contributed by atoms with E-state index in [-0.39, 0.29) is 0 Å². The highest BCUT2D eigenvalue weighted by Gasteiger charge is 2.21. The van der Waals surface area contributed by atoms with Gasteiger partial charge in [-0.1, -0.05) is 133 Å². The molecule has 0 amide bonds. The van der Waals surface area contributed by atoms with Gasteiger partial charge in [0.2, 0.25) is 0 Å². The van der Waals surface area contributed by atoms with Crippen molar-refractivity contribution in [3.05, 3.63) is 169 Å². The lowest BCUT2D eigenvalue weighted by molar-refractivity contribution is 0.670. The number of nitrogens with zero attached hydrogens (tertiary/aromatic N) is 3. The van der Waals surface area contributed by atoms with Gasteiger partial charge in [-0.15, -0.1) is 0 Å². The van der Waals surface area contributed by atoms with Crippen molar-refractivity contribution >= 4 is 60.3 Å². The van der Waals surface area contributed by atoms with Crippen LogP contribution in [0.3, 0.4) is 0 Å². The first-order chi connectivity index (χ1) is 26.1. The van der Waals surface area contributed by atoms with E-state index in [1.54, 1.807) is 0 Å². The van der Waals surface area contributed by atoms with Gasteiger partial charge in [0.25, 0.3) is 0 Å². The van der Waals surface area contributed by atoms with Gasteiger partial charge in [-0.3, -0.25) is 0 Å². The van der Waals surface area contributed by atoms with Crippen molar-refractivity contribution in [2.75, 3.05) is 0 Å². The van der Waals surface area contributed by atoms with Crippen molar-refractivity contribution in [3.8, 4) is 45.3 Å². The van der Waals surface area contributed by atoms with E-state index in [1.807, 2.05) is 49.4 Å². The van der Waals surface area contributed by atoms with Crippen LogP contribution in [0.1, 0.15) is 18.1 Å². The standard InChI is InChI=1S/C49H33N3O/c1-3-13-32-28-34(23-22-30(32)2)48-50-47(31-14-5-4-6-15-31)51-49(52-48)42-27-26-35(46-45(42)41-20-11-12-21-44(41)53-46)33-24-25-40-38-18-8-7-16-36(38)37-17-9-10-19-39(37)43(40)29-33/h3-29H,1-2H3/b13-3-. The SMILES string of the molecule is C/C=C\c1cc(-c2nc(-c3ccccc3)nc(-c3ccc(-c4ccc5c6ccccc6c6ccccc6c5c4)c4oc5ccccc5c34)n2)ccc1C. The average Bonchev–Trinajstić information content (AvgIpc) is 3.61. The minimum absolute atomic E-state index is 0.598. The lowest BCUT2D eigenvalue weighted by Gasteiger charge is -2.13. The van der Waals surface area contributed by atoms with Crippen LogP contribution in [0.4, 0.5) is 0 Å². The number of hydrogen-bond acceptors (Lipinski definition) is 4. The highest BCUT2D eigenvalue weighted by Crippen LogP contribution is 2.43. The molecule has 8 aromatic carbocycles. The Labute approximate surface area is 306 Å². The van der Waals surface area contributed by atoms with Crippen molar-refractivity contribution < 1.29 is 4.42 Å². The Kier molecular flexibility index (Phi) is 7.22. The van der Waals surface area contributed by atoms with Crippen LogP contribution in [-0.4, -0.2) is 15.0 Å². The Bertz CT molecular complexity index is 3050.